The molecule has 1 atom stereocenters. The molecule has 2 aromatic rings. The van der Waals surface area contributed by atoms with Crippen molar-refractivity contribution in [3.63, 3.8) is 0 Å². The van der Waals surface area contributed by atoms with Crippen molar-refractivity contribution in [2.24, 2.45) is 0 Å². The van der Waals surface area contributed by atoms with Gasteiger partial charge in [-0.1, -0.05) is 0 Å². The molecule has 5 heteroatoms. The number of pyridine rings is 2. The van der Waals surface area contributed by atoms with Gasteiger partial charge in [0.2, 0.25) is 0 Å². The van der Waals surface area contributed by atoms with Crippen molar-refractivity contribution in [1.82, 2.24) is 9.97 Å². The lowest BCUT2D eigenvalue weighted by atomic mass is 10.1. The summed E-state index contributed by atoms with van der Waals surface area (Å²) in [6, 6.07) is 6.42. The van der Waals surface area contributed by atoms with E-state index in [2.05, 4.69) is 25.9 Å². The van der Waals surface area contributed by atoms with Crippen molar-refractivity contribution < 1.29 is 9.50 Å². The Morgan fingerprint density at radius 1 is 1.18 bits per heavy atom. The van der Waals surface area contributed by atoms with Gasteiger partial charge in [-0.15, -0.1) is 0 Å². The summed E-state index contributed by atoms with van der Waals surface area (Å²) >= 11 is 3.29. The average molecular weight is 297 g/mol. The third-order valence-electron chi connectivity index (χ3n) is 2.28. The first kappa shape index (κ1) is 12.1. The fraction of sp³-hybridized carbons (Fsp3) is 0.167. The summed E-state index contributed by atoms with van der Waals surface area (Å²) in [5.74, 6) is -0.414. The highest BCUT2D eigenvalue weighted by atomic mass is 79.9. The highest BCUT2D eigenvalue weighted by molar-refractivity contribution is 9.10. The van der Waals surface area contributed by atoms with Crippen LogP contribution in [0.5, 0.6) is 0 Å². The van der Waals surface area contributed by atoms with Gasteiger partial charge in [0.15, 0.2) is 0 Å². The van der Waals surface area contributed by atoms with Crippen molar-refractivity contribution in [3.8, 4) is 0 Å². The molecule has 0 saturated carbocycles. The Balaban J connectivity index is 2.08. The second-order valence-electron chi connectivity index (χ2n) is 3.59. The van der Waals surface area contributed by atoms with Crippen LogP contribution in [0.2, 0.25) is 0 Å². The van der Waals surface area contributed by atoms with E-state index >= 15 is 0 Å². The maximum absolute atomic E-state index is 12.7. The molecule has 1 unspecified atom stereocenters. The van der Waals surface area contributed by atoms with Gasteiger partial charge in [0.05, 0.1) is 11.9 Å². The molecule has 2 heterocycles. The summed E-state index contributed by atoms with van der Waals surface area (Å²) in [6.07, 6.45) is 2.34. The molecule has 0 aliphatic carbocycles. The van der Waals surface area contributed by atoms with Crippen LogP contribution in [0.25, 0.3) is 0 Å². The van der Waals surface area contributed by atoms with E-state index in [1.165, 1.54) is 12.1 Å². The molecule has 0 aromatic carbocycles. The Labute approximate surface area is 106 Å². The Kier molecular flexibility index (Phi) is 3.81. The van der Waals surface area contributed by atoms with E-state index in [0.717, 1.165) is 16.4 Å². The number of aromatic nitrogens is 2. The fourth-order valence-corrected chi connectivity index (χ4v) is 1.65. The average Bonchev–Trinajstić information content (AvgIpc) is 2.33. The minimum atomic E-state index is -0.774. The molecule has 0 radical (unpaired) electrons. The summed E-state index contributed by atoms with van der Waals surface area (Å²) in [6.45, 7) is 0. The number of halogens is 2. The van der Waals surface area contributed by atoms with Crippen LogP contribution >= 0.6 is 15.9 Å². The van der Waals surface area contributed by atoms with Crippen LogP contribution in [0.15, 0.2) is 41.1 Å². The first-order valence-electron chi connectivity index (χ1n) is 5.05. The number of hydrogen-bond acceptors (Lipinski definition) is 3. The molecule has 0 amide bonds. The normalized spacial score (nSPS) is 12.4. The molecule has 17 heavy (non-hydrogen) atoms. The number of hydrogen-bond donors (Lipinski definition) is 1. The fourth-order valence-electron chi connectivity index (χ4n) is 1.41. The van der Waals surface area contributed by atoms with E-state index in [1.807, 2.05) is 12.1 Å². The van der Waals surface area contributed by atoms with Crippen molar-refractivity contribution in [1.29, 1.82) is 0 Å². The van der Waals surface area contributed by atoms with Gasteiger partial charge >= 0.3 is 0 Å². The number of rotatable bonds is 3. The predicted octanol–water partition coefficient (Wildman–Crippen LogP) is 2.65. The van der Waals surface area contributed by atoms with Crippen LogP contribution in [0.4, 0.5) is 4.39 Å². The van der Waals surface area contributed by atoms with Crippen LogP contribution in [0.1, 0.15) is 17.5 Å². The van der Waals surface area contributed by atoms with Crippen molar-refractivity contribution in [3.05, 3.63) is 58.3 Å². The van der Waals surface area contributed by atoms with E-state index in [9.17, 15) is 9.50 Å². The first-order chi connectivity index (χ1) is 8.15. The van der Waals surface area contributed by atoms with Crippen LogP contribution < -0.4 is 0 Å². The lowest BCUT2D eigenvalue weighted by molar-refractivity contribution is 0.172. The highest BCUT2D eigenvalue weighted by Gasteiger charge is 2.10. The molecule has 0 aliphatic heterocycles. The Hall–Kier alpha value is -1.33. The largest absolute Gasteiger partial charge is 0.386 e. The van der Waals surface area contributed by atoms with Gasteiger partial charge in [-0.05, 0) is 40.2 Å². The van der Waals surface area contributed by atoms with Gasteiger partial charge in [-0.25, -0.2) is 4.39 Å². The molecule has 88 valence electrons. The zero-order valence-electron chi connectivity index (χ0n) is 8.85. The highest BCUT2D eigenvalue weighted by Crippen LogP contribution is 2.16. The summed E-state index contributed by atoms with van der Waals surface area (Å²) < 4.78 is 13.5. The van der Waals surface area contributed by atoms with E-state index in [4.69, 9.17) is 0 Å². The molecule has 0 bridgehead atoms. The summed E-state index contributed by atoms with van der Waals surface area (Å²) in [7, 11) is 0. The summed E-state index contributed by atoms with van der Waals surface area (Å²) in [5, 5.41) is 9.90. The standard InChI is InChI=1S/C12H10BrFN2O/c13-8-1-3-10(15-6-8)5-12(17)11-4-2-9(14)7-16-11/h1-4,6-7,12,17H,5H2. The van der Waals surface area contributed by atoms with E-state index in [-0.39, 0.29) is 0 Å². The number of aliphatic hydroxyl groups excluding tert-OH is 1. The lowest BCUT2D eigenvalue weighted by Gasteiger charge is -2.09. The maximum atomic E-state index is 12.7. The van der Waals surface area contributed by atoms with Crippen LogP contribution in [0.3, 0.4) is 0 Å². The monoisotopic (exact) mass is 296 g/mol. The van der Waals surface area contributed by atoms with Gasteiger partial charge in [0, 0.05) is 22.8 Å². The second kappa shape index (κ2) is 5.33. The van der Waals surface area contributed by atoms with Crippen molar-refractivity contribution in [2.75, 3.05) is 0 Å². The van der Waals surface area contributed by atoms with Crippen LogP contribution in [0, 0.1) is 5.82 Å². The lowest BCUT2D eigenvalue weighted by Crippen LogP contribution is -2.05. The summed E-state index contributed by atoms with van der Waals surface area (Å²) in [4.78, 5) is 7.98. The van der Waals surface area contributed by atoms with E-state index in [0.29, 0.717) is 12.1 Å². The molecule has 3 nitrogen and oxygen atoms in total. The van der Waals surface area contributed by atoms with E-state index in [1.54, 1.807) is 6.20 Å². The topological polar surface area (TPSA) is 46.0 Å². The molecule has 0 spiro atoms. The molecule has 0 aliphatic rings. The molecule has 0 saturated heterocycles. The van der Waals surface area contributed by atoms with Crippen molar-refractivity contribution in [2.45, 2.75) is 12.5 Å². The zero-order valence-corrected chi connectivity index (χ0v) is 10.4. The molecule has 2 rings (SSSR count). The summed E-state index contributed by atoms with van der Waals surface area (Å²) in [5.41, 5.74) is 1.20. The van der Waals surface area contributed by atoms with Crippen LogP contribution in [-0.2, 0) is 6.42 Å². The third kappa shape index (κ3) is 3.31. The number of nitrogens with zero attached hydrogens (tertiary/aromatic N) is 2. The molecule has 1 N–H and O–H groups in total. The molecular formula is C12H10BrFN2O. The van der Waals surface area contributed by atoms with E-state index < -0.39 is 11.9 Å². The third-order valence-corrected chi connectivity index (χ3v) is 2.75. The van der Waals surface area contributed by atoms with Gasteiger partial charge in [-0.2, -0.15) is 0 Å². The van der Waals surface area contributed by atoms with Gasteiger partial charge in [-0.3, -0.25) is 9.97 Å². The molecular weight excluding hydrogens is 287 g/mol. The minimum absolute atomic E-state index is 0.353. The Bertz CT molecular complexity index is 487. The van der Waals surface area contributed by atoms with Crippen molar-refractivity contribution >= 4 is 15.9 Å². The predicted molar refractivity (Wildman–Crippen MR) is 64.8 cm³/mol. The minimum Gasteiger partial charge on any atom is -0.386 e. The second-order valence-corrected chi connectivity index (χ2v) is 4.50. The Morgan fingerprint density at radius 3 is 2.59 bits per heavy atom. The zero-order chi connectivity index (χ0) is 12.3. The van der Waals surface area contributed by atoms with Gasteiger partial charge < -0.3 is 5.11 Å². The quantitative estimate of drug-likeness (QED) is 0.947. The van der Waals surface area contributed by atoms with Crippen LogP contribution in [-0.4, -0.2) is 15.1 Å². The Morgan fingerprint density at radius 2 is 2.00 bits per heavy atom. The molecule has 2 aromatic heterocycles. The van der Waals surface area contributed by atoms with Gasteiger partial charge in [0.1, 0.15) is 11.9 Å². The smallest absolute Gasteiger partial charge is 0.141 e. The van der Waals surface area contributed by atoms with Gasteiger partial charge in [0.25, 0.3) is 0 Å². The molecule has 0 fully saturated rings. The SMILES string of the molecule is OC(Cc1ccc(Br)cn1)c1ccc(F)cn1. The maximum Gasteiger partial charge on any atom is 0.141 e. The first-order valence-corrected chi connectivity index (χ1v) is 5.84. The number of aliphatic hydroxyl groups is 1.